The minimum Gasteiger partial charge on any atom is -0.872 e. The van der Waals surface area contributed by atoms with E-state index >= 15 is 0 Å². The molecule has 1 aliphatic rings. The molecule has 1 saturated heterocycles. The standard InChI is InChI=1S/C16H9ClN2O4S2/c17-10-2-1-3-11(8-10)18-15(24)14(25-16(18)21)7-9-6-12(19(22)23)4-5-13(9)20/h1-8,20H/p-1/b14-7-. The average molecular weight is 392 g/mol. The van der Waals surface area contributed by atoms with Crippen molar-refractivity contribution in [2.75, 3.05) is 4.90 Å². The molecule has 1 aliphatic heterocycles. The Morgan fingerprint density at radius 3 is 2.68 bits per heavy atom. The van der Waals surface area contributed by atoms with Crippen LogP contribution in [0.5, 0.6) is 5.75 Å². The molecule has 0 saturated carbocycles. The summed E-state index contributed by atoms with van der Waals surface area (Å²) >= 11 is 12.1. The number of amides is 1. The Labute approximate surface area is 156 Å². The van der Waals surface area contributed by atoms with Crippen molar-refractivity contribution in [3.63, 3.8) is 0 Å². The summed E-state index contributed by atoms with van der Waals surface area (Å²) in [5.74, 6) is -0.393. The third kappa shape index (κ3) is 3.51. The van der Waals surface area contributed by atoms with Crippen molar-refractivity contribution in [2.24, 2.45) is 0 Å². The second kappa shape index (κ2) is 6.83. The normalized spacial score (nSPS) is 15.9. The Morgan fingerprint density at radius 1 is 1.24 bits per heavy atom. The molecule has 2 aromatic carbocycles. The maximum absolute atomic E-state index is 12.3. The molecule has 126 valence electrons. The lowest BCUT2D eigenvalue weighted by Crippen LogP contribution is -2.26. The van der Waals surface area contributed by atoms with Crippen molar-refractivity contribution in [1.29, 1.82) is 0 Å². The smallest absolute Gasteiger partial charge is 0.296 e. The molecule has 1 heterocycles. The number of anilines is 1. The summed E-state index contributed by atoms with van der Waals surface area (Å²) in [6.45, 7) is 0. The highest BCUT2D eigenvalue weighted by atomic mass is 35.5. The number of nitro benzene ring substituents is 1. The SMILES string of the molecule is O=C1S/C(=C\c2cc([N+](=O)[O-])ccc2[O-])C(=S)N1c1cccc(Cl)c1. The second-order valence-electron chi connectivity index (χ2n) is 4.98. The van der Waals surface area contributed by atoms with Gasteiger partial charge in [0.25, 0.3) is 10.9 Å². The molecule has 3 rings (SSSR count). The molecule has 0 unspecified atom stereocenters. The number of non-ortho nitro benzene ring substituents is 1. The molecule has 0 spiro atoms. The first-order valence-electron chi connectivity index (χ1n) is 6.86. The van der Waals surface area contributed by atoms with E-state index in [4.69, 9.17) is 23.8 Å². The zero-order valence-corrected chi connectivity index (χ0v) is 14.7. The quantitative estimate of drug-likeness (QED) is 0.334. The van der Waals surface area contributed by atoms with Gasteiger partial charge in [0, 0.05) is 17.2 Å². The van der Waals surface area contributed by atoms with Gasteiger partial charge in [0.15, 0.2) is 0 Å². The van der Waals surface area contributed by atoms with Crippen molar-refractivity contribution in [2.45, 2.75) is 0 Å². The molecule has 25 heavy (non-hydrogen) atoms. The molecule has 0 atom stereocenters. The Morgan fingerprint density at radius 2 is 2.00 bits per heavy atom. The van der Waals surface area contributed by atoms with Crippen LogP contribution in [0.15, 0.2) is 47.4 Å². The first-order chi connectivity index (χ1) is 11.9. The van der Waals surface area contributed by atoms with Crippen molar-refractivity contribution in [1.82, 2.24) is 0 Å². The molecular weight excluding hydrogens is 384 g/mol. The third-order valence-corrected chi connectivity index (χ3v) is 5.01. The summed E-state index contributed by atoms with van der Waals surface area (Å²) < 4.78 is 0. The predicted molar refractivity (Wildman–Crippen MR) is 100 cm³/mol. The molecule has 1 fully saturated rings. The number of carbonyl (C=O) groups is 1. The van der Waals surface area contributed by atoms with Crippen molar-refractivity contribution >= 4 is 63.3 Å². The molecule has 0 bridgehead atoms. The molecule has 0 N–H and O–H groups in total. The summed E-state index contributed by atoms with van der Waals surface area (Å²) in [4.78, 5) is 24.4. The second-order valence-corrected chi connectivity index (χ2v) is 6.79. The monoisotopic (exact) mass is 391 g/mol. The lowest BCUT2D eigenvalue weighted by molar-refractivity contribution is -0.385. The first-order valence-corrected chi connectivity index (χ1v) is 8.46. The van der Waals surface area contributed by atoms with Crippen LogP contribution < -0.4 is 10.0 Å². The molecule has 0 aromatic heterocycles. The van der Waals surface area contributed by atoms with Crippen molar-refractivity contribution < 1.29 is 14.8 Å². The topological polar surface area (TPSA) is 86.5 Å². The number of thioether (sulfide) groups is 1. The van der Waals surface area contributed by atoms with Crippen LogP contribution in [0.3, 0.4) is 0 Å². The Balaban J connectivity index is 1.99. The van der Waals surface area contributed by atoms with Gasteiger partial charge in [-0.1, -0.05) is 36.0 Å². The molecule has 9 heteroatoms. The number of thiocarbonyl (C=S) groups is 1. The Bertz CT molecular complexity index is 945. The summed E-state index contributed by atoms with van der Waals surface area (Å²) in [5, 5.41) is 22.9. The van der Waals surface area contributed by atoms with Gasteiger partial charge in [-0.05, 0) is 41.6 Å². The van der Waals surface area contributed by atoms with E-state index in [0.29, 0.717) is 15.6 Å². The number of hydrogen-bond acceptors (Lipinski definition) is 6. The lowest BCUT2D eigenvalue weighted by Gasteiger charge is -2.15. The van der Waals surface area contributed by atoms with Crippen LogP contribution in [0, 0.1) is 10.1 Å². The predicted octanol–water partition coefficient (Wildman–Crippen LogP) is 4.36. The van der Waals surface area contributed by atoms with Gasteiger partial charge in [0.2, 0.25) is 0 Å². The van der Waals surface area contributed by atoms with Gasteiger partial charge in [-0.15, -0.1) is 5.75 Å². The number of rotatable bonds is 3. The van der Waals surface area contributed by atoms with E-state index < -0.39 is 10.7 Å². The molecule has 1 amide bonds. The number of halogens is 1. The van der Waals surface area contributed by atoms with E-state index in [1.54, 1.807) is 24.3 Å². The zero-order valence-electron chi connectivity index (χ0n) is 12.3. The van der Waals surface area contributed by atoms with Crippen LogP contribution in [0.1, 0.15) is 5.56 Å². The largest absolute Gasteiger partial charge is 0.872 e. The van der Waals surface area contributed by atoms with Crippen LogP contribution in [0.2, 0.25) is 5.02 Å². The fourth-order valence-electron chi connectivity index (χ4n) is 2.21. The van der Waals surface area contributed by atoms with Gasteiger partial charge >= 0.3 is 0 Å². The summed E-state index contributed by atoms with van der Waals surface area (Å²) in [6, 6.07) is 10.1. The third-order valence-electron chi connectivity index (χ3n) is 3.35. The minimum absolute atomic E-state index is 0.0970. The van der Waals surface area contributed by atoms with E-state index in [1.165, 1.54) is 11.0 Å². The van der Waals surface area contributed by atoms with Gasteiger partial charge in [-0.3, -0.25) is 19.8 Å². The average Bonchev–Trinajstić information content (AvgIpc) is 2.83. The Hall–Kier alpha value is -2.42. The number of nitro groups is 1. The summed E-state index contributed by atoms with van der Waals surface area (Å²) in [6.07, 6.45) is 1.39. The van der Waals surface area contributed by atoms with E-state index in [9.17, 15) is 20.0 Å². The highest BCUT2D eigenvalue weighted by Crippen LogP contribution is 2.38. The summed E-state index contributed by atoms with van der Waals surface area (Å²) in [7, 11) is 0. The molecule has 6 nitrogen and oxygen atoms in total. The molecule has 2 aromatic rings. The number of nitrogens with zero attached hydrogens (tertiary/aromatic N) is 2. The van der Waals surface area contributed by atoms with Gasteiger partial charge in [-0.25, -0.2) is 0 Å². The number of hydrogen-bond donors (Lipinski definition) is 0. The number of benzene rings is 2. The zero-order chi connectivity index (χ0) is 18.1. The van der Waals surface area contributed by atoms with E-state index in [0.717, 1.165) is 30.0 Å². The van der Waals surface area contributed by atoms with E-state index in [2.05, 4.69) is 0 Å². The van der Waals surface area contributed by atoms with Gasteiger partial charge in [0.1, 0.15) is 4.99 Å². The van der Waals surface area contributed by atoms with Crippen LogP contribution in [-0.2, 0) is 0 Å². The fraction of sp³-hybridized carbons (Fsp3) is 0. The van der Waals surface area contributed by atoms with Crippen molar-refractivity contribution in [3.8, 4) is 5.75 Å². The Kier molecular flexibility index (Phi) is 4.76. The van der Waals surface area contributed by atoms with E-state index in [-0.39, 0.29) is 21.5 Å². The highest BCUT2D eigenvalue weighted by Gasteiger charge is 2.33. The fourth-order valence-corrected chi connectivity index (χ4v) is 3.66. The van der Waals surface area contributed by atoms with Gasteiger partial charge < -0.3 is 5.11 Å². The van der Waals surface area contributed by atoms with Gasteiger partial charge in [0.05, 0.1) is 15.5 Å². The van der Waals surface area contributed by atoms with E-state index in [1.807, 2.05) is 0 Å². The summed E-state index contributed by atoms with van der Waals surface area (Å²) in [5.41, 5.74) is 0.401. The van der Waals surface area contributed by atoms with Crippen LogP contribution >= 0.6 is 35.6 Å². The minimum atomic E-state index is -0.592. The molecule has 0 aliphatic carbocycles. The maximum atomic E-state index is 12.3. The lowest BCUT2D eigenvalue weighted by atomic mass is 10.1. The van der Waals surface area contributed by atoms with Gasteiger partial charge in [-0.2, -0.15) is 0 Å². The molecule has 0 radical (unpaired) electrons. The van der Waals surface area contributed by atoms with Crippen LogP contribution in [0.4, 0.5) is 16.2 Å². The number of carbonyl (C=O) groups excluding carboxylic acids is 1. The maximum Gasteiger partial charge on any atom is 0.296 e. The van der Waals surface area contributed by atoms with Crippen LogP contribution in [-0.4, -0.2) is 15.2 Å². The highest BCUT2D eigenvalue weighted by molar-refractivity contribution is 8.20. The first kappa shape index (κ1) is 17.4. The molecular formula is C16H8ClN2O4S2-. The van der Waals surface area contributed by atoms with Crippen LogP contribution in [0.25, 0.3) is 6.08 Å². The van der Waals surface area contributed by atoms with Crippen molar-refractivity contribution in [3.05, 3.63) is 68.1 Å².